The van der Waals surface area contributed by atoms with Gasteiger partial charge in [0.15, 0.2) is 0 Å². The van der Waals surface area contributed by atoms with Crippen LogP contribution in [0.2, 0.25) is 5.02 Å². The Hall–Kier alpha value is -1.28. The van der Waals surface area contributed by atoms with Gasteiger partial charge in [0.25, 0.3) is 5.56 Å². The van der Waals surface area contributed by atoms with Gasteiger partial charge < -0.3 is 4.57 Å². The summed E-state index contributed by atoms with van der Waals surface area (Å²) in [6, 6.07) is 5.69. The molecule has 2 nitrogen and oxygen atoms in total. The number of halogens is 1. The van der Waals surface area contributed by atoms with Gasteiger partial charge in [0, 0.05) is 23.0 Å². The van der Waals surface area contributed by atoms with E-state index >= 15 is 0 Å². The summed E-state index contributed by atoms with van der Waals surface area (Å²) < 4.78 is 1.68. The zero-order chi connectivity index (χ0) is 12.7. The van der Waals surface area contributed by atoms with Gasteiger partial charge in [0.1, 0.15) is 0 Å². The molecule has 17 heavy (non-hydrogen) atoms. The van der Waals surface area contributed by atoms with Crippen LogP contribution in [0.4, 0.5) is 0 Å². The highest BCUT2D eigenvalue weighted by Crippen LogP contribution is 2.25. The summed E-state index contributed by atoms with van der Waals surface area (Å²) in [6.45, 7) is 6.10. The molecule has 0 saturated heterocycles. The van der Waals surface area contributed by atoms with Crippen LogP contribution in [0, 0.1) is 6.92 Å². The number of benzene rings is 1. The van der Waals surface area contributed by atoms with E-state index in [1.807, 2.05) is 39.0 Å². The van der Waals surface area contributed by atoms with Crippen LogP contribution in [0.5, 0.6) is 0 Å². The van der Waals surface area contributed by atoms with Gasteiger partial charge in [-0.25, -0.2) is 0 Å². The lowest BCUT2D eigenvalue weighted by Crippen LogP contribution is -2.23. The van der Waals surface area contributed by atoms with E-state index in [-0.39, 0.29) is 11.5 Å². The molecule has 2 aromatic rings. The Morgan fingerprint density at radius 3 is 2.53 bits per heavy atom. The van der Waals surface area contributed by atoms with Gasteiger partial charge in [-0.15, -0.1) is 0 Å². The molecule has 2 rings (SSSR count). The van der Waals surface area contributed by atoms with E-state index in [4.69, 9.17) is 11.6 Å². The number of aryl methyl sites for hydroxylation is 2. The lowest BCUT2D eigenvalue weighted by molar-refractivity contribution is 0.794. The van der Waals surface area contributed by atoms with Crippen molar-refractivity contribution in [3.63, 3.8) is 0 Å². The Morgan fingerprint density at radius 2 is 1.94 bits per heavy atom. The van der Waals surface area contributed by atoms with Crippen LogP contribution < -0.4 is 5.56 Å². The summed E-state index contributed by atoms with van der Waals surface area (Å²) in [6.07, 6.45) is 0. The molecular formula is C14H16ClNO. The highest BCUT2D eigenvalue weighted by atomic mass is 35.5. The molecule has 0 atom stereocenters. The third kappa shape index (κ3) is 1.87. The summed E-state index contributed by atoms with van der Waals surface area (Å²) in [4.78, 5) is 12.3. The van der Waals surface area contributed by atoms with Gasteiger partial charge in [-0.1, -0.05) is 31.5 Å². The van der Waals surface area contributed by atoms with E-state index in [0.717, 1.165) is 22.0 Å². The average molecular weight is 250 g/mol. The molecule has 0 unspecified atom stereocenters. The molecule has 0 fully saturated rings. The summed E-state index contributed by atoms with van der Waals surface area (Å²) in [7, 11) is 1.80. The molecule has 0 aliphatic heterocycles. The summed E-state index contributed by atoms with van der Waals surface area (Å²) in [5.41, 5.74) is 2.92. The first kappa shape index (κ1) is 12.2. The minimum absolute atomic E-state index is 0.0762. The van der Waals surface area contributed by atoms with E-state index in [1.54, 1.807) is 11.6 Å². The average Bonchev–Trinajstić information content (AvgIpc) is 2.25. The molecule has 0 spiro atoms. The molecular weight excluding hydrogens is 234 g/mol. The third-order valence-electron chi connectivity index (χ3n) is 3.24. The van der Waals surface area contributed by atoms with Gasteiger partial charge in [-0.2, -0.15) is 0 Å². The quantitative estimate of drug-likeness (QED) is 0.757. The van der Waals surface area contributed by atoms with Gasteiger partial charge in [0.2, 0.25) is 0 Å². The van der Waals surface area contributed by atoms with Crippen molar-refractivity contribution < 1.29 is 0 Å². The predicted molar refractivity (Wildman–Crippen MR) is 73.0 cm³/mol. The Kier molecular flexibility index (Phi) is 3.00. The number of aromatic nitrogens is 1. The minimum atomic E-state index is 0.0762. The zero-order valence-corrected chi connectivity index (χ0v) is 11.3. The van der Waals surface area contributed by atoms with Crippen LogP contribution >= 0.6 is 11.6 Å². The van der Waals surface area contributed by atoms with Gasteiger partial charge >= 0.3 is 0 Å². The fraction of sp³-hybridized carbons (Fsp3) is 0.357. The second-order valence-corrected chi connectivity index (χ2v) is 5.16. The van der Waals surface area contributed by atoms with Gasteiger partial charge in [-0.05, 0) is 30.5 Å². The first-order valence-corrected chi connectivity index (χ1v) is 6.10. The fourth-order valence-corrected chi connectivity index (χ4v) is 2.54. The van der Waals surface area contributed by atoms with Crippen molar-refractivity contribution in [3.8, 4) is 0 Å². The molecule has 1 heterocycles. The Morgan fingerprint density at radius 1 is 1.29 bits per heavy atom. The summed E-state index contributed by atoms with van der Waals surface area (Å²) in [5.74, 6) is 0.230. The lowest BCUT2D eigenvalue weighted by atomic mass is 9.96. The molecule has 1 aromatic heterocycles. The number of fused-ring (bicyclic) bond motifs is 1. The molecule has 90 valence electrons. The SMILES string of the molecule is Cc1c(C(C)C)c(=O)n(C)c2cc(Cl)ccc12. The minimum Gasteiger partial charge on any atom is -0.311 e. The first-order valence-electron chi connectivity index (χ1n) is 5.72. The smallest absolute Gasteiger partial charge is 0.254 e. The van der Waals surface area contributed by atoms with Crippen molar-refractivity contribution >= 4 is 22.5 Å². The van der Waals surface area contributed by atoms with Crippen LogP contribution in [-0.4, -0.2) is 4.57 Å². The van der Waals surface area contributed by atoms with Crippen LogP contribution in [0.25, 0.3) is 10.9 Å². The maximum Gasteiger partial charge on any atom is 0.254 e. The number of rotatable bonds is 1. The molecule has 0 bridgehead atoms. The number of nitrogens with zero attached hydrogens (tertiary/aromatic N) is 1. The standard InChI is InChI=1S/C14H16ClNO/c1-8(2)13-9(3)11-6-5-10(15)7-12(11)16(4)14(13)17/h5-8H,1-4H3. The normalized spacial score (nSPS) is 11.4. The van der Waals surface area contributed by atoms with Crippen molar-refractivity contribution in [1.29, 1.82) is 0 Å². The molecule has 0 radical (unpaired) electrons. The molecule has 0 aliphatic rings. The zero-order valence-electron chi connectivity index (χ0n) is 10.5. The molecule has 1 aromatic carbocycles. The molecule has 0 N–H and O–H groups in total. The van der Waals surface area contributed by atoms with Crippen molar-refractivity contribution in [3.05, 3.63) is 44.7 Å². The van der Waals surface area contributed by atoms with E-state index < -0.39 is 0 Å². The maximum atomic E-state index is 12.3. The van der Waals surface area contributed by atoms with Gasteiger partial charge in [-0.3, -0.25) is 4.79 Å². The molecule has 3 heteroatoms. The summed E-state index contributed by atoms with van der Waals surface area (Å²) >= 11 is 5.98. The van der Waals surface area contributed by atoms with Crippen molar-refractivity contribution in [2.24, 2.45) is 7.05 Å². The van der Waals surface area contributed by atoms with Crippen molar-refractivity contribution in [1.82, 2.24) is 4.57 Å². The highest BCUT2D eigenvalue weighted by molar-refractivity contribution is 6.31. The lowest BCUT2D eigenvalue weighted by Gasteiger charge is -2.15. The second-order valence-electron chi connectivity index (χ2n) is 4.72. The van der Waals surface area contributed by atoms with Crippen LogP contribution in [0.3, 0.4) is 0 Å². The Bertz CT molecular complexity index is 641. The van der Waals surface area contributed by atoms with Crippen LogP contribution in [0.15, 0.2) is 23.0 Å². The molecule has 0 aliphatic carbocycles. The van der Waals surface area contributed by atoms with E-state index in [2.05, 4.69) is 0 Å². The Balaban J connectivity index is 3.00. The maximum absolute atomic E-state index is 12.3. The van der Waals surface area contributed by atoms with Crippen LogP contribution in [-0.2, 0) is 7.05 Å². The summed E-state index contributed by atoms with van der Waals surface area (Å²) in [5, 5.41) is 1.75. The van der Waals surface area contributed by atoms with E-state index in [9.17, 15) is 4.79 Å². The van der Waals surface area contributed by atoms with E-state index in [0.29, 0.717) is 5.02 Å². The van der Waals surface area contributed by atoms with Crippen LogP contribution in [0.1, 0.15) is 30.9 Å². The predicted octanol–water partition coefficient (Wildman–Crippen LogP) is 3.62. The van der Waals surface area contributed by atoms with Gasteiger partial charge in [0.05, 0.1) is 5.52 Å². The molecule has 0 amide bonds. The van der Waals surface area contributed by atoms with Crippen molar-refractivity contribution in [2.75, 3.05) is 0 Å². The Labute approximate surface area is 106 Å². The molecule has 0 saturated carbocycles. The largest absolute Gasteiger partial charge is 0.311 e. The topological polar surface area (TPSA) is 22.0 Å². The number of hydrogen-bond acceptors (Lipinski definition) is 1. The number of pyridine rings is 1. The number of hydrogen-bond donors (Lipinski definition) is 0. The first-order chi connectivity index (χ1) is 7.93. The van der Waals surface area contributed by atoms with Crippen molar-refractivity contribution in [2.45, 2.75) is 26.7 Å². The second kappa shape index (κ2) is 4.19. The highest BCUT2D eigenvalue weighted by Gasteiger charge is 2.14. The third-order valence-corrected chi connectivity index (χ3v) is 3.48. The van der Waals surface area contributed by atoms with E-state index in [1.165, 1.54) is 0 Å². The fourth-order valence-electron chi connectivity index (χ4n) is 2.37. The monoisotopic (exact) mass is 249 g/mol.